The molecule has 2 aromatic heterocycles. The van der Waals surface area contributed by atoms with Crippen molar-refractivity contribution >= 4 is 16.8 Å². The molecule has 140 valence electrons. The molecule has 0 aliphatic carbocycles. The molecule has 27 heavy (non-hydrogen) atoms. The number of rotatable bonds is 4. The van der Waals surface area contributed by atoms with E-state index in [1.54, 1.807) is 0 Å². The van der Waals surface area contributed by atoms with Crippen LogP contribution in [0.5, 0.6) is 0 Å². The molecule has 5 heteroatoms. The van der Waals surface area contributed by atoms with Gasteiger partial charge in [0.2, 0.25) is 0 Å². The largest absolute Gasteiger partial charge is 0.339 e. The van der Waals surface area contributed by atoms with Crippen molar-refractivity contribution in [2.24, 2.45) is 0 Å². The van der Waals surface area contributed by atoms with Gasteiger partial charge in [0.25, 0.3) is 5.91 Å². The highest BCUT2D eigenvalue weighted by molar-refractivity contribution is 6.07. The van der Waals surface area contributed by atoms with Crippen molar-refractivity contribution in [3.05, 3.63) is 47.8 Å². The molecule has 1 aliphatic heterocycles. The van der Waals surface area contributed by atoms with Crippen molar-refractivity contribution in [3.63, 3.8) is 0 Å². The summed E-state index contributed by atoms with van der Waals surface area (Å²) in [4.78, 5) is 20.0. The number of amides is 1. The van der Waals surface area contributed by atoms with E-state index < -0.39 is 0 Å². The molecule has 0 bridgehead atoms. The topological polar surface area (TPSA) is 51.0 Å². The fraction of sp³-hybridized carbons (Fsp3) is 0.409. The zero-order valence-electron chi connectivity index (χ0n) is 16.3. The average molecular weight is 362 g/mol. The zero-order valence-corrected chi connectivity index (χ0v) is 16.3. The van der Waals surface area contributed by atoms with Gasteiger partial charge in [-0.1, -0.05) is 13.0 Å². The molecule has 5 nitrogen and oxygen atoms in total. The van der Waals surface area contributed by atoms with Crippen molar-refractivity contribution in [1.29, 1.82) is 0 Å². The summed E-state index contributed by atoms with van der Waals surface area (Å²) in [7, 11) is 0. The Morgan fingerprint density at radius 2 is 1.96 bits per heavy atom. The number of carbonyl (C=O) groups excluding carboxylic acids is 1. The smallest absolute Gasteiger partial charge is 0.254 e. The van der Waals surface area contributed by atoms with Gasteiger partial charge in [-0.15, -0.1) is 0 Å². The van der Waals surface area contributed by atoms with Gasteiger partial charge in [-0.05, 0) is 56.9 Å². The molecule has 0 N–H and O–H groups in total. The number of hydrogen-bond donors (Lipinski definition) is 0. The number of fused-ring (bicyclic) bond motifs is 1. The van der Waals surface area contributed by atoms with Gasteiger partial charge in [0, 0.05) is 36.3 Å². The standard InChI is InChI=1S/C22H26N4O/c1-4-16-7-8-20-18(11-16)19(22(27)25-9-5-6-10-25)12-21(24-20)17-13-23-26(14-17)15(2)3/h7-8,11-15H,4-6,9-10H2,1-3H3. The number of likely N-dealkylation sites (tertiary alicyclic amines) is 1. The van der Waals surface area contributed by atoms with Crippen LogP contribution in [0.25, 0.3) is 22.2 Å². The molecule has 0 spiro atoms. The molecule has 3 heterocycles. The minimum Gasteiger partial charge on any atom is -0.339 e. The van der Waals surface area contributed by atoms with Crippen LogP contribution in [0.2, 0.25) is 0 Å². The summed E-state index contributed by atoms with van der Waals surface area (Å²) < 4.78 is 1.92. The van der Waals surface area contributed by atoms with E-state index in [1.165, 1.54) is 5.56 Å². The number of nitrogens with zero attached hydrogens (tertiary/aromatic N) is 4. The average Bonchev–Trinajstić information content (AvgIpc) is 3.38. The molecule has 1 saturated heterocycles. The number of benzene rings is 1. The summed E-state index contributed by atoms with van der Waals surface area (Å²) in [6.45, 7) is 8.01. The van der Waals surface area contributed by atoms with Crippen molar-refractivity contribution in [1.82, 2.24) is 19.7 Å². The van der Waals surface area contributed by atoms with E-state index in [9.17, 15) is 4.79 Å². The molecule has 1 aromatic carbocycles. The first kappa shape index (κ1) is 17.7. The normalized spacial score (nSPS) is 14.4. The Morgan fingerprint density at radius 1 is 1.19 bits per heavy atom. The quantitative estimate of drug-likeness (QED) is 0.688. The third-order valence-corrected chi connectivity index (χ3v) is 5.33. The van der Waals surface area contributed by atoms with Gasteiger partial charge < -0.3 is 4.90 Å². The van der Waals surface area contributed by atoms with Gasteiger partial charge in [0.15, 0.2) is 0 Å². The Hall–Kier alpha value is -2.69. The SMILES string of the molecule is CCc1ccc2nc(-c3cnn(C(C)C)c3)cc(C(=O)N3CCCC3)c2c1. The van der Waals surface area contributed by atoms with E-state index in [1.807, 2.05) is 34.1 Å². The van der Waals surface area contributed by atoms with Gasteiger partial charge in [-0.25, -0.2) is 4.98 Å². The second-order valence-electron chi connectivity index (χ2n) is 7.56. The Balaban J connectivity index is 1.86. The lowest BCUT2D eigenvalue weighted by Gasteiger charge is -2.17. The molecule has 3 aromatic rings. The highest BCUT2D eigenvalue weighted by Crippen LogP contribution is 2.28. The lowest BCUT2D eigenvalue weighted by Crippen LogP contribution is -2.27. The third-order valence-electron chi connectivity index (χ3n) is 5.33. The zero-order chi connectivity index (χ0) is 19.0. The number of aromatic nitrogens is 3. The van der Waals surface area contributed by atoms with Crippen LogP contribution in [-0.4, -0.2) is 38.7 Å². The molecule has 0 radical (unpaired) electrons. The Morgan fingerprint density at radius 3 is 2.63 bits per heavy atom. The first-order valence-corrected chi connectivity index (χ1v) is 9.84. The summed E-state index contributed by atoms with van der Waals surface area (Å²) >= 11 is 0. The van der Waals surface area contributed by atoms with Gasteiger partial charge >= 0.3 is 0 Å². The number of carbonyl (C=O) groups is 1. The van der Waals surface area contributed by atoms with E-state index in [4.69, 9.17) is 4.98 Å². The molecule has 1 fully saturated rings. The van der Waals surface area contributed by atoms with E-state index in [0.29, 0.717) is 0 Å². The van der Waals surface area contributed by atoms with Crippen LogP contribution in [0.1, 0.15) is 55.6 Å². The van der Waals surface area contributed by atoms with Gasteiger partial charge in [-0.3, -0.25) is 9.48 Å². The van der Waals surface area contributed by atoms with E-state index >= 15 is 0 Å². The first-order chi connectivity index (χ1) is 13.1. The molecule has 0 saturated carbocycles. The molecule has 0 atom stereocenters. The van der Waals surface area contributed by atoms with Gasteiger partial charge in [0.05, 0.1) is 23.0 Å². The number of hydrogen-bond acceptors (Lipinski definition) is 3. The second-order valence-corrected chi connectivity index (χ2v) is 7.56. The van der Waals surface area contributed by atoms with E-state index in [-0.39, 0.29) is 11.9 Å². The minimum absolute atomic E-state index is 0.116. The maximum atomic E-state index is 13.2. The Labute approximate surface area is 160 Å². The number of pyridine rings is 1. The van der Waals surface area contributed by atoms with Crippen LogP contribution in [0, 0.1) is 0 Å². The van der Waals surface area contributed by atoms with Crippen molar-refractivity contribution in [2.45, 2.75) is 46.1 Å². The monoisotopic (exact) mass is 362 g/mol. The van der Waals surface area contributed by atoms with Crippen LogP contribution in [0.3, 0.4) is 0 Å². The van der Waals surface area contributed by atoms with Crippen molar-refractivity contribution in [3.8, 4) is 11.3 Å². The maximum absolute atomic E-state index is 13.2. The van der Waals surface area contributed by atoms with E-state index in [2.05, 4.69) is 38.0 Å². The maximum Gasteiger partial charge on any atom is 0.254 e. The minimum atomic E-state index is 0.116. The molecular formula is C22H26N4O. The van der Waals surface area contributed by atoms with Crippen LogP contribution >= 0.6 is 0 Å². The summed E-state index contributed by atoms with van der Waals surface area (Å²) in [6.07, 6.45) is 6.95. The van der Waals surface area contributed by atoms with Crippen molar-refractivity contribution in [2.75, 3.05) is 13.1 Å². The van der Waals surface area contributed by atoms with Crippen LogP contribution in [0.4, 0.5) is 0 Å². The third kappa shape index (κ3) is 3.34. The van der Waals surface area contributed by atoms with Crippen LogP contribution in [-0.2, 0) is 6.42 Å². The highest BCUT2D eigenvalue weighted by Gasteiger charge is 2.23. The Bertz CT molecular complexity index is 983. The van der Waals surface area contributed by atoms with Crippen LogP contribution in [0.15, 0.2) is 36.7 Å². The summed E-state index contributed by atoms with van der Waals surface area (Å²) in [5, 5.41) is 5.38. The predicted octanol–water partition coefficient (Wildman–Crippen LogP) is 4.48. The van der Waals surface area contributed by atoms with Gasteiger partial charge in [-0.2, -0.15) is 5.10 Å². The lowest BCUT2D eigenvalue weighted by molar-refractivity contribution is 0.0794. The molecule has 1 aliphatic rings. The lowest BCUT2D eigenvalue weighted by atomic mass is 10.0. The van der Waals surface area contributed by atoms with E-state index in [0.717, 1.165) is 60.1 Å². The highest BCUT2D eigenvalue weighted by atomic mass is 16.2. The van der Waals surface area contributed by atoms with Crippen molar-refractivity contribution < 1.29 is 4.79 Å². The first-order valence-electron chi connectivity index (χ1n) is 9.84. The Kier molecular flexibility index (Phi) is 4.68. The summed E-state index contributed by atoms with van der Waals surface area (Å²) in [5.74, 6) is 0.116. The predicted molar refractivity (Wildman–Crippen MR) is 108 cm³/mol. The fourth-order valence-corrected chi connectivity index (χ4v) is 3.66. The second kappa shape index (κ2) is 7.14. The molecule has 4 rings (SSSR count). The summed E-state index contributed by atoms with van der Waals surface area (Å²) in [5.41, 5.74) is 4.59. The van der Waals surface area contributed by atoms with Gasteiger partial charge in [0.1, 0.15) is 0 Å². The summed E-state index contributed by atoms with van der Waals surface area (Å²) in [6, 6.07) is 8.49. The number of aryl methyl sites for hydroxylation is 1. The molecule has 1 amide bonds. The molecule has 0 unspecified atom stereocenters. The molecular weight excluding hydrogens is 336 g/mol. The fourth-order valence-electron chi connectivity index (χ4n) is 3.66. The van der Waals surface area contributed by atoms with Crippen LogP contribution < -0.4 is 0 Å².